The maximum atomic E-state index is 12.3. The Bertz CT molecular complexity index is 629. The molecule has 0 unspecified atom stereocenters. The van der Waals surface area contributed by atoms with Crippen molar-refractivity contribution in [1.82, 2.24) is 5.32 Å². The third-order valence-electron chi connectivity index (χ3n) is 3.75. The molecule has 0 aromatic heterocycles. The van der Waals surface area contributed by atoms with Gasteiger partial charge in [0, 0.05) is 0 Å². The Balaban J connectivity index is 2.81. The highest BCUT2D eigenvalue weighted by molar-refractivity contribution is 5.96. The van der Waals surface area contributed by atoms with Crippen LogP contribution in [0.3, 0.4) is 0 Å². The highest BCUT2D eigenvalue weighted by Crippen LogP contribution is 2.28. The first-order valence-corrected chi connectivity index (χ1v) is 7.39. The molecule has 1 atom stereocenters. The van der Waals surface area contributed by atoms with Gasteiger partial charge in [0.05, 0.1) is 20.3 Å². The van der Waals surface area contributed by atoms with Crippen LogP contribution in [0, 0.1) is 17.2 Å². The quantitative estimate of drug-likeness (QED) is 0.765. The molecule has 0 saturated carbocycles. The number of nitrogens with zero attached hydrogens (tertiary/aromatic N) is 1. The zero-order chi connectivity index (χ0) is 18.3. The fourth-order valence-corrected chi connectivity index (χ4v) is 1.88. The zero-order valence-electron chi connectivity index (χ0n) is 14.5. The molecular weight excluding hydrogens is 312 g/mol. The number of amides is 1. The number of carbonyl (C=O) groups excluding carboxylic acids is 2. The van der Waals surface area contributed by atoms with E-state index in [0.29, 0.717) is 0 Å². The second kappa shape index (κ2) is 8.20. The maximum absolute atomic E-state index is 12.3. The van der Waals surface area contributed by atoms with Crippen molar-refractivity contribution in [3.8, 4) is 17.6 Å². The Morgan fingerprint density at radius 1 is 1.25 bits per heavy atom. The lowest BCUT2D eigenvalue weighted by Crippen LogP contribution is -2.50. The lowest BCUT2D eigenvalue weighted by Gasteiger charge is -2.27. The molecule has 0 aliphatic heterocycles. The molecule has 1 amide bonds. The molecule has 0 heterocycles. The third kappa shape index (κ3) is 4.38. The summed E-state index contributed by atoms with van der Waals surface area (Å²) in [6.07, 6.45) is 0. The van der Waals surface area contributed by atoms with E-state index in [9.17, 15) is 14.9 Å². The Labute approximate surface area is 141 Å². The zero-order valence-corrected chi connectivity index (χ0v) is 14.5. The first-order chi connectivity index (χ1) is 11.3. The molecule has 0 aliphatic rings. The number of hydrogen-bond acceptors (Lipinski definition) is 6. The van der Waals surface area contributed by atoms with E-state index >= 15 is 0 Å². The van der Waals surface area contributed by atoms with Gasteiger partial charge in [-0.3, -0.25) is 4.79 Å². The maximum Gasteiger partial charge on any atom is 0.346 e. The molecule has 1 rings (SSSR count). The van der Waals surface area contributed by atoms with Gasteiger partial charge in [-0.05, 0) is 25.0 Å². The monoisotopic (exact) mass is 334 g/mol. The predicted octanol–water partition coefficient (Wildman–Crippen LogP) is 1.92. The van der Waals surface area contributed by atoms with E-state index in [0.717, 1.165) is 0 Å². The van der Waals surface area contributed by atoms with Gasteiger partial charge in [-0.1, -0.05) is 19.9 Å². The summed E-state index contributed by atoms with van der Waals surface area (Å²) in [6.45, 7) is 4.73. The number of nitriles is 1. The largest absolute Gasteiger partial charge is 0.496 e. The van der Waals surface area contributed by atoms with Gasteiger partial charge in [0.15, 0.2) is 6.61 Å². The van der Waals surface area contributed by atoms with Gasteiger partial charge in [-0.2, -0.15) is 5.26 Å². The standard InChI is InChI=1S/C17H22N2O5/c1-11(2)17(3,10-18)19-14(20)9-24-16(21)15-12(22-4)7-6-8-13(15)23-5/h6-8,11H,9H2,1-5H3,(H,19,20)/t17-/m1/s1. The van der Waals surface area contributed by atoms with E-state index in [-0.39, 0.29) is 23.0 Å². The molecule has 0 bridgehead atoms. The summed E-state index contributed by atoms with van der Waals surface area (Å²) in [4.78, 5) is 24.2. The fourth-order valence-electron chi connectivity index (χ4n) is 1.88. The molecular formula is C17H22N2O5. The lowest BCUT2D eigenvalue weighted by molar-refractivity contribution is -0.125. The van der Waals surface area contributed by atoms with Gasteiger partial charge in [0.1, 0.15) is 22.6 Å². The molecule has 0 fully saturated rings. The molecule has 0 radical (unpaired) electrons. The van der Waals surface area contributed by atoms with Crippen LogP contribution >= 0.6 is 0 Å². The van der Waals surface area contributed by atoms with Crippen molar-refractivity contribution in [2.24, 2.45) is 5.92 Å². The normalized spacial score (nSPS) is 12.7. The molecule has 7 heteroatoms. The van der Waals surface area contributed by atoms with E-state index < -0.39 is 24.0 Å². The molecule has 7 nitrogen and oxygen atoms in total. The van der Waals surface area contributed by atoms with Crippen molar-refractivity contribution < 1.29 is 23.8 Å². The molecule has 1 N–H and O–H groups in total. The van der Waals surface area contributed by atoms with Crippen LogP contribution in [-0.4, -0.2) is 38.2 Å². The van der Waals surface area contributed by atoms with Gasteiger partial charge in [0.25, 0.3) is 5.91 Å². The number of nitrogens with one attached hydrogen (secondary N) is 1. The molecule has 0 spiro atoms. The van der Waals surface area contributed by atoms with Gasteiger partial charge in [-0.25, -0.2) is 4.79 Å². The number of methoxy groups -OCH3 is 2. The summed E-state index contributed by atoms with van der Waals surface area (Å²) in [5.41, 5.74) is -0.937. The van der Waals surface area contributed by atoms with Gasteiger partial charge in [0.2, 0.25) is 0 Å². The van der Waals surface area contributed by atoms with Crippen LogP contribution < -0.4 is 14.8 Å². The molecule has 1 aromatic carbocycles. The summed E-state index contributed by atoms with van der Waals surface area (Å²) in [5.74, 6) is -0.846. The first-order valence-electron chi connectivity index (χ1n) is 7.39. The second-order valence-electron chi connectivity index (χ2n) is 5.63. The SMILES string of the molecule is COc1cccc(OC)c1C(=O)OCC(=O)N[C@](C)(C#N)C(C)C. The van der Waals surface area contributed by atoms with Crippen molar-refractivity contribution in [2.45, 2.75) is 26.3 Å². The van der Waals surface area contributed by atoms with Crippen LogP contribution in [0.2, 0.25) is 0 Å². The summed E-state index contributed by atoms with van der Waals surface area (Å²) >= 11 is 0. The third-order valence-corrected chi connectivity index (χ3v) is 3.75. The van der Waals surface area contributed by atoms with Crippen LogP contribution in [0.5, 0.6) is 11.5 Å². The van der Waals surface area contributed by atoms with Crippen molar-refractivity contribution in [1.29, 1.82) is 5.26 Å². The summed E-state index contributed by atoms with van der Waals surface area (Å²) < 4.78 is 15.3. The Kier molecular flexibility index (Phi) is 6.59. The Hall–Kier alpha value is -2.75. The van der Waals surface area contributed by atoms with E-state index in [1.54, 1.807) is 25.1 Å². The smallest absolute Gasteiger partial charge is 0.346 e. The first kappa shape index (κ1) is 19.3. The van der Waals surface area contributed by atoms with Gasteiger partial charge < -0.3 is 19.5 Å². The van der Waals surface area contributed by atoms with Crippen molar-refractivity contribution in [2.75, 3.05) is 20.8 Å². The van der Waals surface area contributed by atoms with Crippen LogP contribution in [0.1, 0.15) is 31.1 Å². The van der Waals surface area contributed by atoms with Crippen molar-refractivity contribution in [3.63, 3.8) is 0 Å². The summed E-state index contributed by atoms with van der Waals surface area (Å²) in [7, 11) is 2.83. The van der Waals surface area contributed by atoms with E-state index in [4.69, 9.17) is 14.2 Å². The highest BCUT2D eigenvalue weighted by Gasteiger charge is 2.30. The predicted molar refractivity (Wildman–Crippen MR) is 86.8 cm³/mol. The van der Waals surface area contributed by atoms with E-state index in [2.05, 4.69) is 11.4 Å². The van der Waals surface area contributed by atoms with Crippen molar-refractivity contribution >= 4 is 11.9 Å². The highest BCUT2D eigenvalue weighted by atomic mass is 16.5. The van der Waals surface area contributed by atoms with E-state index in [1.807, 2.05) is 13.8 Å². The van der Waals surface area contributed by atoms with Gasteiger partial charge in [-0.15, -0.1) is 0 Å². The minimum atomic E-state index is -1.04. The average Bonchev–Trinajstić information content (AvgIpc) is 2.58. The molecule has 1 aromatic rings. The number of rotatable bonds is 7. The number of benzene rings is 1. The fraction of sp³-hybridized carbons (Fsp3) is 0.471. The molecule has 24 heavy (non-hydrogen) atoms. The van der Waals surface area contributed by atoms with Crippen LogP contribution in [-0.2, 0) is 9.53 Å². The molecule has 0 saturated heterocycles. The average molecular weight is 334 g/mol. The van der Waals surface area contributed by atoms with Crippen LogP contribution in [0.4, 0.5) is 0 Å². The minimum absolute atomic E-state index is 0.0993. The number of hydrogen-bond donors (Lipinski definition) is 1. The second-order valence-corrected chi connectivity index (χ2v) is 5.63. The van der Waals surface area contributed by atoms with Crippen molar-refractivity contribution in [3.05, 3.63) is 23.8 Å². The van der Waals surface area contributed by atoms with Gasteiger partial charge >= 0.3 is 5.97 Å². The summed E-state index contributed by atoms with van der Waals surface area (Å²) in [5, 5.41) is 11.8. The minimum Gasteiger partial charge on any atom is -0.496 e. The van der Waals surface area contributed by atoms with Crippen LogP contribution in [0.15, 0.2) is 18.2 Å². The topological polar surface area (TPSA) is 97.7 Å². The number of esters is 1. The molecule has 0 aliphatic carbocycles. The Morgan fingerprint density at radius 2 is 1.79 bits per heavy atom. The van der Waals surface area contributed by atoms with E-state index in [1.165, 1.54) is 14.2 Å². The number of ether oxygens (including phenoxy) is 3. The number of carbonyl (C=O) groups is 2. The molecule has 130 valence electrons. The van der Waals surface area contributed by atoms with Crippen LogP contribution in [0.25, 0.3) is 0 Å². The lowest BCUT2D eigenvalue weighted by atomic mass is 9.90. The Morgan fingerprint density at radius 3 is 2.21 bits per heavy atom. The summed E-state index contributed by atoms with van der Waals surface area (Å²) in [6, 6.07) is 6.90.